The zero-order valence-corrected chi connectivity index (χ0v) is 18.8. The van der Waals surface area contributed by atoms with E-state index in [1.807, 2.05) is 6.20 Å². The lowest BCUT2D eigenvalue weighted by Crippen LogP contribution is -2.51. The van der Waals surface area contributed by atoms with E-state index in [9.17, 15) is 4.79 Å². The Bertz CT molecular complexity index is 712. The molecule has 2 saturated carbocycles. The number of aryl methyl sites for hydroxylation is 1. The molecule has 1 aromatic rings. The lowest BCUT2D eigenvalue weighted by Gasteiger charge is -2.46. The van der Waals surface area contributed by atoms with Crippen LogP contribution in [-0.4, -0.2) is 45.9 Å². The number of carbonyl (C=O) groups excluding carboxylic acids is 1. The van der Waals surface area contributed by atoms with Crippen molar-refractivity contribution < 1.29 is 4.79 Å². The number of rotatable bonds is 7. The fourth-order valence-corrected chi connectivity index (χ4v) is 5.64. The third-order valence-electron chi connectivity index (χ3n) is 6.93. The van der Waals surface area contributed by atoms with Crippen LogP contribution < -0.4 is 5.32 Å². The monoisotopic (exact) mass is 416 g/mol. The molecule has 3 aliphatic rings. The van der Waals surface area contributed by atoms with E-state index in [1.165, 1.54) is 43.4 Å². The highest BCUT2D eigenvalue weighted by molar-refractivity contribution is 7.15. The molecule has 0 spiro atoms. The fraction of sp³-hybridized carbons (Fsp3) is 0.739. The van der Waals surface area contributed by atoms with E-state index in [2.05, 4.69) is 40.5 Å². The number of piperidine rings is 1. The molecule has 1 aliphatic heterocycles. The number of anilines is 1. The Balaban J connectivity index is 1.40. The van der Waals surface area contributed by atoms with Crippen molar-refractivity contribution in [2.24, 2.45) is 11.8 Å². The predicted octanol–water partition coefficient (Wildman–Crippen LogP) is 5.01. The van der Waals surface area contributed by atoms with Crippen LogP contribution >= 0.6 is 11.3 Å². The number of likely N-dealkylation sites (tertiary alicyclic amines) is 1. The van der Waals surface area contributed by atoms with Gasteiger partial charge in [-0.15, -0.1) is 11.3 Å². The third-order valence-corrected chi connectivity index (χ3v) is 7.76. The van der Waals surface area contributed by atoms with Gasteiger partial charge in [0.2, 0.25) is 5.91 Å². The quantitative estimate of drug-likeness (QED) is 0.679. The number of nitrogens with zero attached hydrogens (tertiary/aromatic N) is 3. The second-order valence-electron chi connectivity index (χ2n) is 9.43. The molecule has 0 unspecified atom stereocenters. The summed E-state index contributed by atoms with van der Waals surface area (Å²) < 4.78 is 0. The van der Waals surface area contributed by atoms with Crippen LogP contribution in [0.2, 0.25) is 0 Å². The molecule has 2 heterocycles. The Morgan fingerprint density at radius 2 is 1.83 bits per heavy atom. The molecule has 0 radical (unpaired) electrons. The first-order valence-electron chi connectivity index (χ1n) is 11.4. The summed E-state index contributed by atoms with van der Waals surface area (Å²) in [5.41, 5.74) is 0. The highest BCUT2D eigenvalue weighted by Crippen LogP contribution is 2.35. The van der Waals surface area contributed by atoms with Crippen LogP contribution in [0.1, 0.15) is 69.6 Å². The molecule has 0 aromatic carbocycles. The van der Waals surface area contributed by atoms with E-state index in [0.29, 0.717) is 23.9 Å². The van der Waals surface area contributed by atoms with Crippen molar-refractivity contribution in [1.82, 2.24) is 14.8 Å². The van der Waals surface area contributed by atoms with Crippen molar-refractivity contribution in [3.05, 3.63) is 23.5 Å². The normalized spacial score (nSPS) is 25.7. The van der Waals surface area contributed by atoms with Gasteiger partial charge in [-0.05, 0) is 70.1 Å². The standard InChI is InChI=1S/C23H36N4OS/c1-16-4-8-20(9-5-16)27(18(3)25-23-24-15-17(2)29-23)21-10-12-26(13-11-21)22(28)14-19-6-7-19/h15-16,19-21H,3-14H2,1-2H3,(H,24,25). The maximum atomic E-state index is 12.5. The molecule has 3 fully saturated rings. The highest BCUT2D eigenvalue weighted by Gasteiger charge is 2.34. The second-order valence-corrected chi connectivity index (χ2v) is 10.7. The summed E-state index contributed by atoms with van der Waals surface area (Å²) in [6, 6.07) is 1.01. The van der Waals surface area contributed by atoms with Crippen LogP contribution in [0.15, 0.2) is 18.6 Å². The molecule has 4 rings (SSSR count). The van der Waals surface area contributed by atoms with Crippen molar-refractivity contribution in [2.45, 2.75) is 83.7 Å². The Hall–Kier alpha value is -1.56. The zero-order valence-electron chi connectivity index (χ0n) is 18.0. The van der Waals surface area contributed by atoms with Gasteiger partial charge in [-0.25, -0.2) is 4.98 Å². The number of aromatic nitrogens is 1. The molecule has 1 amide bonds. The molecule has 2 aliphatic carbocycles. The Labute approximate surface area is 179 Å². The van der Waals surface area contributed by atoms with Crippen molar-refractivity contribution in [3.63, 3.8) is 0 Å². The lowest BCUT2D eigenvalue weighted by molar-refractivity contribution is -0.133. The maximum Gasteiger partial charge on any atom is 0.222 e. The van der Waals surface area contributed by atoms with Crippen LogP contribution in [-0.2, 0) is 4.79 Å². The maximum absolute atomic E-state index is 12.5. The number of carbonyl (C=O) groups is 1. The minimum Gasteiger partial charge on any atom is -0.353 e. The topological polar surface area (TPSA) is 48.5 Å². The summed E-state index contributed by atoms with van der Waals surface area (Å²) in [7, 11) is 0. The first-order chi connectivity index (χ1) is 14.0. The van der Waals surface area contributed by atoms with Gasteiger partial charge in [0.25, 0.3) is 0 Å². The molecule has 0 bridgehead atoms. The summed E-state index contributed by atoms with van der Waals surface area (Å²) in [6.07, 6.45) is 12.3. The van der Waals surface area contributed by atoms with Gasteiger partial charge in [-0.3, -0.25) is 4.79 Å². The Morgan fingerprint density at radius 1 is 1.17 bits per heavy atom. The van der Waals surface area contributed by atoms with E-state index < -0.39 is 0 Å². The van der Waals surface area contributed by atoms with E-state index in [4.69, 9.17) is 0 Å². The van der Waals surface area contributed by atoms with Gasteiger partial charge < -0.3 is 15.1 Å². The van der Waals surface area contributed by atoms with Gasteiger partial charge in [0.1, 0.15) is 5.82 Å². The molecule has 160 valence electrons. The predicted molar refractivity (Wildman–Crippen MR) is 120 cm³/mol. The number of hydrogen-bond donors (Lipinski definition) is 1. The van der Waals surface area contributed by atoms with E-state index in [0.717, 1.165) is 49.2 Å². The Kier molecular flexibility index (Phi) is 6.47. The third kappa shape index (κ3) is 5.33. The van der Waals surface area contributed by atoms with Crippen molar-refractivity contribution in [1.29, 1.82) is 0 Å². The van der Waals surface area contributed by atoms with Crippen LogP contribution in [0.4, 0.5) is 5.13 Å². The molecule has 29 heavy (non-hydrogen) atoms. The number of amides is 1. The van der Waals surface area contributed by atoms with E-state index >= 15 is 0 Å². The smallest absolute Gasteiger partial charge is 0.222 e. The van der Waals surface area contributed by atoms with Gasteiger partial charge in [0, 0.05) is 42.7 Å². The van der Waals surface area contributed by atoms with Gasteiger partial charge in [0.05, 0.1) is 0 Å². The average Bonchev–Trinajstić information content (AvgIpc) is 3.43. The number of hydrogen-bond acceptors (Lipinski definition) is 5. The number of thiazole rings is 1. The summed E-state index contributed by atoms with van der Waals surface area (Å²) in [5.74, 6) is 2.87. The van der Waals surface area contributed by atoms with Gasteiger partial charge in [0.15, 0.2) is 5.13 Å². The fourth-order valence-electron chi connectivity index (χ4n) is 4.95. The first-order valence-corrected chi connectivity index (χ1v) is 12.3. The molecule has 1 saturated heterocycles. The molecular weight excluding hydrogens is 380 g/mol. The largest absolute Gasteiger partial charge is 0.353 e. The van der Waals surface area contributed by atoms with Crippen molar-refractivity contribution in [2.75, 3.05) is 18.4 Å². The molecular formula is C23H36N4OS. The van der Waals surface area contributed by atoms with Crippen molar-refractivity contribution in [3.8, 4) is 0 Å². The SMILES string of the molecule is C=C(Nc1ncc(C)s1)N(C1CCC(C)CC1)C1CCN(C(=O)CC2CC2)CC1. The highest BCUT2D eigenvalue weighted by atomic mass is 32.1. The van der Waals surface area contributed by atoms with Gasteiger partial charge >= 0.3 is 0 Å². The summed E-state index contributed by atoms with van der Waals surface area (Å²) in [6.45, 7) is 10.7. The van der Waals surface area contributed by atoms with Crippen LogP contribution in [0.5, 0.6) is 0 Å². The van der Waals surface area contributed by atoms with Crippen LogP contribution in [0.3, 0.4) is 0 Å². The zero-order chi connectivity index (χ0) is 20.4. The molecule has 1 N–H and O–H groups in total. The van der Waals surface area contributed by atoms with Crippen molar-refractivity contribution >= 4 is 22.4 Å². The second kappa shape index (κ2) is 9.07. The molecule has 0 atom stereocenters. The molecule has 1 aromatic heterocycles. The summed E-state index contributed by atoms with van der Waals surface area (Å²) >= 11 is 1.68. The average molecular weight is 417 g/mol. The molecule has 6 heteroatoms. The van der Waals surface area contributed by atoms with Crippen LogP contribution in [0, 0.1) is 18.8 Å². The summed E-state index contributed by atoms with van der Waals surface area (Å²) in [5, 5.41) is 4.42. The lowest BCUT2D eigenvalue weighted by atomic mass is 9.85. The number of nitrogens with one attached hydrogen (secondary N) is 1. The van der Waals surface area contributed by atoms with Crippen LogP contribution in [0.25, 0.3) is 0 Å². The minimum absolute atomic E-state index is 0.374. The van der Waals surface area contributed by atoms with E-state index in [-0.39, 0.29) is 0 Å². The first kappa shape index (κ1) is 20.7. The van der Waals surface area contributed by atoms with Gasteiger partial charge in [-0.1, -0.05) is 13.5 Å². The minimum atomic E-state index is 0.374. The summed E-state index contributed by atoms with van der Waals surface area (Å²) in [4.78, 5) is 22.9. The van der Waals surface area contributed by atoms with E-state index in [1.54, 1.807) is 11.3 Å². The van der Waals surface area contributed by atoms with Gasteiger partial charge in [-0.2, -0.15) is 0 Å². The molecule has 5 nitrogen and oxygen atoms in total. The Morgan fingerprint density at radius 3 is 2.41 bits per heavy atom.